The minimum atomic E-state index is -2.63. The van der Waals surface area contributed by atoms with E-state index in [2.05, 4.69) is 15.2 Å². The van der Waals surface area contributed by atoms with Crippen molar-refractivity contribution >= 4 is 5.69 Å². The van der Waals surface area contributed by atoms with Gasteiger partial charge in [0.15, 0.2) is 6.35 Å². The molecule has 1 spiro atoms. The summed E-state index contributed by atoms with van der Waals surface area (Å²) < 4.78 is 39.6. The first kappa shape index (κ1) is 20.1. The Labute approximate surface area is 168 Å². The maximum Gasteiger partial charge on any atom is 0.280 e. The van der Waals surface area contributed by atoms with Crippen LogP contribution in [0, 0.1) is 12.7 Å². The molecule has 2 fully saturated rings. The quantitative estimate of drug-likeness (QED) is 0.817. The Balaban J connectivity index is 1.58. The lowest BCUT2D eigenvalue weighted by atomic mass is 9.59. The van der Waals surface area contributed by atoms with Gasteiger partial charge in [0.25, 0.3) is 6.43 Å². The van der Waals surface area contributed by atoms with Crippen molar-refractivity contribution in [2.24, 2.45) is 0 Å². The number of hydrogen-bond donors (Lipinski definition) is 2. The van der Waals surface area contributed by atoms with Crippen LogP contribution in [0.5, 0.6) is 0 Å². The molecule has 29 heavy (non-hydrogen) atoms. The Morgan fingerprint density at radius 2 is 2.00 bits per heavy atom. The summed E-state index contributed by atoms with van der Waals surface area (Å²) in [5, 5.41) is 13.9. The second kappa shape index (κ2) is 6.97. The van der Waals surface area contributed by atoms with E-state index in [1.807, 2.05) is 20.2 Å². The summed E-state index contributed by atoms with van der Waals surface area (Å²) in [7, 11) is 3.94. The van der Waals surface area contributed by atoms with Gasteiger partial charge < -0.3 is 10.0 Å². The molecule has 0 bridgehead atoms. The zero-order valence-corrected chi connectivity index (χ0v) is 16.7. The summed E-state index contributed by atoms with van der Waals surface area (Å²) in [6.45, 7) is 2.24. The van der Waals surface area contributed by atoms with Gasteiger partial charge in [-0.1, -0.05) is 12.1 Å². The summed E-state index contributed by atoms with van der Waals surface area (Å²) in [4.78, 5) is 7.69. The highest BCUT2D eigenvalue weighted by molar-refractivity contribution is 5.54. The number of aromatic nitrogens is 1. The number of alkyl halides is 2. The molecule has 2 aromatic rings. The van der Waals surface area contributed by atoms with Gasteiger partial charge in [-0.3, -0.25) is 15.2 Å². The molecule has 1 aliphatic carbocycles. The maximum absolute atomic E-state index is 13.8. The van der Waals surface area contributed by atoms with Crippen LogP contribution in [-0.2, 0) is 5.54 Å². The van der Waals surface area contributed by atoms with E-state index in [0.29, 0.717) is 30.6 Å². The SMILES string of the molecule is Cc1cc(C(F)F)ncc1N1CC2(CC(c3cccc(F)c3)(N(C)C)C2)NC1O. The lowest BCUT2D eigenvalue weighted by molar-refractivity contribution is -0.0315. The largest absolute Gasteiger partial charge is 0.361 e. The number of aliphatic hydroxyl groups is 1. The Bertz CT molecular complexity index is 915. The first-order valence-corrected chi connectivity index (χ1v) is 9.56. The highest BCUT2D eigenvalue weighted by atomic mass is 19.3. The van der Waals surface area contributed by atoms with Crippen LogP contribution in [0.2, 0.25) is 0 Å². The number of nitrogens with one attached hydrogen (secondary N) is 1. The zero-order chi connectivity index (χ0) is 21.0. The van der Waals surface area contributed by atoms with E-state index in [9.17, 15) is 18.3 Å². The van der Waals surface area contributed by atoms with E-state index in [4.69, 9.17) is 0 Å². The van der Waals surface area contributed by atoms with Crippen LogP contribution >= 0.6 is 0 Å². The predicted octanol–water partition coefficient (Wildman–Crippen LogP) is 3.14. The smallest absolute Gasteiger partial charge is 0.280 e. The molecule has 1 atom stereocenters. The topological polar surface area (TPSA) is 51.6 Å². The lowest BCUT2D eigenvalue weighted by Gasteiger charge is -2.58. The molecule has 156 valence electrons. The molecular weight excluding hydrogens is 381 g/mol. The highest BCUT2D eigenvalue weighted by Crippen LogP contribution is 2.54. The second-order valence-corrected chi connectivity index (χ2v) is 8.41. The molecule has 1 unspecified atom stereocenters. The van der Waals surface area contributed by atoms with Gasteiger partial charge in [-0.2, -0.15) is 0 Å². The maximum atomic E-state index is 13.8. The predicted molar refractivity (Wildman–Crippen MR) is 104 cm³/mol. The molecule has 1 saturated carbocycles. The number of aryl methyl sites for hydroxylation is 1. The lowest BCUT2D eigenvalue weighted by Crippen LogP contribution is -2.67. The standard InChI is InChI=1S/C21H25F3N4O/c1-13-7-16(18(23)24)25-9-17(13)28-12-20(26-19(28)29)10-21(11-20,27(2)3)14-5-4-6-15(22)8-14/h4-9,18-19,26,29H,10-12H2,1-3H3. The van der Waals surface area contributed by atoms with Crippen molar-refractivity contribution in [3.63, 3.8) is 0 Å². The number of nitrogens with zero attached hydrogens (tertiary/aromatic N) is 3. The molecule has 1 saturated heterocycles. The van der Waals surface area contributed by atoms with Gasteiger partial charge in [-0.25, -0.2) is 13.2 Å². The molecule has 5 nitrogen and oxygen atoms in total. The summed E-state index contributed by atoms with van der Waals surface area (Å²) >= 11 is 0. The molecule has 2 heterocycles. The third-order valence-corrected chi connectivity index (χ3v) is 6.32. The average Bonchev–Trinajstić information content (AvgIpc) is 2.97. The number of rotatable bonds is 4. The molecule has 1 aromatic carbocycles. The number of benzene rings is 1. The van der Waals surface area contributed by atoms with Crippen molar-refractivity contribution in [3.8, 4) is 0 Å². The van der Waals surface area contributed by atoms with Gasteiger partial charge >= 0.3 is 0 Å². The monoisotopic (exact) mass is 406 g/mol. The van der Waals surface area contributed by atoms with Crippen molar-refractivity contribution in [1.29, 1.82) is 0 Å². The Morgan fingerprint density at radius 3 is 2.59 bits per heavy atom. The van der Waals surface area contributed by atoms with Crippen LogP contribution in [0.3, 0.4) is 0 Å². The third-order valence-electron chi connectivity index (χ3n) is 6.32. The highest BCUT2D eigenvalue weighted by Gasteiger charge is 2.61. The van der Waals surface area contributed by atoms with Gasteiger partial charge in [0.1, 0.15) is 11.5 Å². The van der Waals surface area contributed by atoms with E-state index in [-0.39, 0.29) is 22.6 Å². The van der Waals surface area contributed by atoms with E-state index in [0.717, 1.165) is 5.56 Å². The van der Waals surface area contributed by atoms with Crippen LogP contribution in [0.15, 0.2) is 36.5 Å². The molecule has 0 radical (unpaired) electrons. The summed E-state index contributed by atoms with van der Waals surface area (Å²) in [5.41, 5.74) is 1.20. The van der Waals surface area contributed by atoms with Gasteiger partial charge in [0, 0.05) is 17.6 Å². The van der Waals surface area contributed by atoms with Crippen LogP contribution < -0.4 is 10.2 Å². The molecule has 1 aliphatic heterocycles. The third kappa shape index (κ3) is 3.29. The summed E-state index contributed by atoms with van der Waals surface area (Å²) in [6.07, 6.45) is -0.808. The van der Waals surface area contributed by atoms with E-state index < -0.39 is 12.8 Å². The van der Waals surface area contributed by atoms with Crippen molar-refractivity contribution in [1.82, 2.24) is 15.2 Å². The number of pyridine rings is 1. The number of hydrogen-bond acceptors (Lipinski definition) is 5. The van der Waals surface area contributed by atoms with Gasteiger partial charge in [0.2, 0.25) is 0 Å². The average molecular weight is 406 g/mol. The summed E-state index contributed by atoms with van der Waals surface area (Å²) in [5.74, 6) is -0.272. The summed E-state index contributed by atoms with van der Waals surface area (Å²) in [6, 6.07) is 7.99. The van der Waals surface area contributed by atoms with Crippen molar-refractivity contribution in [3.05, 3.63) is 59.2 Å². The van der Waals surface area contributed by atoms with E-state index in [1.165, 1.54) is 18.3 Å². The zero-order valence-electron chi connectivity index (χ0n) is 16.7. The fraction of sp³-hybridized carbons (Fsp3) is 0.476. The van der Waals surface area contributed by atoms with Gasteiger partial charge in [-0.05, 0) is 63.2 Å². The van der Waals surface area contributed by atoms with E-state index in [1.54, 1.807) is 24.0 Å². The van der Waals surface area contributed by atoms with Crippen LogP contribution in [-0.4, -0.2) is 47.5 Å². The van der Waals surface area contributed by atoms with Crippen LogP contribution in [0.1, 0.15) is 36.1 Å². The Hall–Kier alpha value is -2.16. The normalized spacial score (nSPS) is 29.1. The van der Waals surface area contributed by atoms with Gasteiger partial charge in [0.05, 0.1) is 11.9 Å². The minimum Gasteiger partial charge on any atom is -0.361 e. The first-order valence-electron chi connectivity index (χ1n) is 9.56. The first-order chi connectivity index (χ1) is 13.7. The number of aliphatic hydroxyl groups excluding tert-OH is 1. The molecule has 8 heteroatoms. The minimum absolute atomic E-state index is 0.272. The molecule has 1 aromatic heterocycles. The van der Waals surface area contributed by atoms with Crippen molar-refractivity contribution in [2.75, 3.05) is 25.5 Å². The van der Waals surface area contributed by atoms with Crippen molar-refractivity contribution in [2.45, 2.75) is 43.6 Å². The fourth-order valence-electron chi connectivity index (χ4n) is 4.86. The Morgan fingerprint density at radius 1 is 1.28 bits per heavy atom. The Kier molecular flexibility index (Phi) is 4.83. The van der Waals surface area contributed by atoms with Crippen LogP contribution in [0.4, 0.5) is 18.9 Å². The van der Waals surface area contributed by atoms with Gasteiger partial charge in [-0.15, -0.1) is 0 Å². The molecule has 2 aliphatic rings. The number of anilines is 1. The number of halogens is 3. The molecular formula is C21H25F3N4O. The van der Waals surface area contributed by atoms with Crippen LogP contribution in [0.25, 0.3) is 0 Å². The fourth-order valence-corrected chi connectivity index (χ4v) is 4.86. The molecule has 4 rings (SSSR count). The second-order valence-electron chi connectivity index (χ2n) is 8.41. The van der Waals surface area contributed by atoms with E-state index >= 15 is 0 Å². The van der Waals surface area contributed by atoms with Crippen molar-refractivity contribution < 1.29 is 18.3 Å². The molecule has 0 amide bonds. The molecule has 2 N–H and O–H groups in total.